The summed E-state index contributed by atoms with van der Waals surface area (Å²) in [5.74, 6) is -1.79. The van der Waals surface area contributed by atoms with E-state index in [1.54, 1.807) is 0 Å². The zero-order chi connectivity index (χ0) is 19.6. The second-order valence-electron chi connectivity index (χ2n) is 5.32. The van der Waals surface area contributed by atoms with Gasteiger partial charge in [-0.25, -0.2) is 0 Å². The number of nitrogens with two attached hydrogens (primary N) is 1. The molecule has 10 nitrogen and oxygen atoms in total. The molecule has 0 saturated carbocycles. The number of azo groups is 1. The summed E-state index contributed by atoms with van der Waals surface area (Å²) < 4.78 is 4.17. The minimum absolute atomic E-state index is 0.0182. The van der Waals surface area contributed by atoms with E-state index in [2.05, 4.69) is 24.9 Å². The first-order valence-electron chi connectivity index (χ1n) is 7.40. The van der Waals surface area contributed by atoms with Crippen molar-refractivity contribution in [3.05, 3.63) is 35.7 Å². The van der Waals surface area contributed by atoms with Crippen LogP contribution in [0.4, 0.5) is 16.4 Å². The molecule has 4 N–H and O–H groups in total. The molecule has 3 aromatic rings. The van der Waals surface area contributed by atoms with Crippen molar-refractivity contribution >= 4 is 50.6 Å². The van der Waals surface area contributed by atoms with Crippen LogP contribution >= 0.6 is 11.5 Å². The third-order valence-corrected chi connectivity index (χ3v) is 4.17. The average molecular weight is 381 g/mol. The topological polar surface area (TPSA) is 167 Å². The number of nitriles is 1. The molecule has 3 rings (SSSR count). The zero-order valence-corrected chi connectivity index (χ0v) is 14.6. The maximum absolute atomic E-state index is 11.5. The van der Waals surface area contributed by atoms with E-state index < -0.39 is 17.6 Å². The van der Waals surface area contributed by atoms with Crippen LogP contribution in [0.5, 0.6) is 5.75 Å². The lowest BCUT2D eigenvalue weighted by Gasteiger charge is -2.09. The predicted molar refractivity (Wildman–Crippen MR) is 97.2 cm³/mol. The van der Waals surface area contributed by atoms with E-state index in [4.69, 9.17) is 11.0 Å². The Balaban J connectivity index is 2.05. The van der Waals surface area contributed by atoms with Crippen molar-refractivity contribution in [2.45, 2.75) is 6.92 Å². The van der Waals surface area contributed by atoms with Gasteiger partial charge in [-0.1, -0.05) is 0 Å². The molecular weight excluding hydrogens is 370 g/mol. The molecule has 2 aromatic heterocycles. The number of rotatable bonds is 4. The van der Waals surface area contributed by atoms with Gasteiger partial charge in [0.15, 0.2) is 10.8 Å². The SMILES string of the molecule is CC(=O)Nc1cc(N=Nc2snc3c(C#N)cncc23)cc(C(N)=O)c1O. The largest absolute Gasteiger partial charge is 0.505 e. The number of anilines is 1. The van der Waals surface area contributed by atoms with Gasteiger partial charge >= 0.3 is 0 Å². The van der Waals surface area contributed by atoms with E-state index in [1.165, 1.54) is 31.5 Å². The highest BCUT2D eigenvalue weighted by Crippen LogP contribution is 2.36. The lowest BCUT2D eigenvalue weighted by Crippen LogP contribution is -2.13. The monoisotopic (exact) mass is 381 g/mol. The van der Waals surface area contributed by atoms with Crippen LogP contribution in [0.25, 0.3) is 10.9 Å². The molecule has 134 valence electrons. The van der Waals surface area contributed by atoms with Crippen LogP contribution in [-0.4, -0.2) is 26.3 Å². The third-order valence-electron chi connectivity index (χ3n) is 3.42. The van der Waals surface area contributed by atoms with Crippen LogP contribution in [-0.2, 0) is 4.79 Å². The summed E-state index contributed by atoms with van der Waals surface area (Å²) in [7, 11) is 0. The molecule has 0 bridgehead atoms. The number of fused-ring (bicyclic) bond motifs is 1. The molecule has 0 aliphatic carbocycles. The number of nitrogens with one attached hydrogen (secondary N) is 1. The number of primary amides is 1. The van der Waals surface area contributed by atoms with E-state index in [-0.39, 0.29) is 16.9 Å². The molecule has 27 heavy (non-hydrogen) atoms. The summed E-state index contributed by atoms with van der Waals surface area (Å²) in [5.41, 5.74) is 5.98. The van der Waals surface area contributed by atoms with Gasteiger partial charge in [0.05, 0.1) is 27.9 Å². The number of aromatic nitrogens is 2. The van der Waals surface area contributed by atoms with Crippen molar-refractivity contribution in [2.24, 2.45) is 16.0 Å². The Morgan fingerprint density at radius 2 is 2.11 bits per heavy atom. The zero-order valence-electron chi connectivity index (χ0n) is 13.8. The smallest absolute Gasteiger partial charge is 0.252 e. The number of carbonyl (C=O) groups excluding carboxylic acids is 2. The number of amides is 2. The van der Waals surface area contributed by atoms with Crippen molar-refractivity contribution in [3.8, 4) is 11.8 Å². The minimum Gasteiger partial charge on any atom is -0.505 e. The van der Waals surface area contributed by atoms with Crippen molar-refractivity contribution in [1.82, 2.24) is 9.36 Å². The number of benzene rings is 1. The Labute approximate surface area is 156 Å². The molecule has 2 amide bonds. The van der Waals surface area contributed by atoms with Gasteiger partial charge in [-0.3, -0.25) is 14.6 Å². The summed E-state index contributed by atoms with van der Waals surface area (Å²) in [5, 5.41) is 30.6. The Kier molecular flexibility index (Phi) is 4.73. The molecule has 0 aliphatic heterocycles. The molecule has 0 aliphatic rings. The van der Waals surface area contributed by atoms with Crippen molar-refractivity contribution in [3.63, 3.8) is 0 Å². The first-order chi connectivity index (χ1) is 12.9. The van der Waals surface area contributed by atoms with E-state index in [9.17, 15) is 14.7 Å². The summed E-state index contributed by atoms with van der Waals surface area (Å²) in [6, 6.07) is 4.59. The second-order valence-corrected chi connectivity index (χ2v) is 6.07. The molecule has 0 unspecified atom stereocenters. The number of phenols is 1. The fourth-order valence-electron chi connectivity index (χ4n) is 2.25. The molecule has 2 heterocycles. The third kappa shape index (κ3) is 3.55. The summed E-state index contributed by atoms with van der Waals surface area (Å²) >= 11 is 1.03. The highest BCUT2D eigenvalue weighted by Gasteiger charge is 2.16. The van der Waals surface area contributed by atoms with Gasteiger partial charge in [-0.15, -0.1) is 10.2 Å². The fourth-order valence-corrected chi connectivity index (χ4v) is 2.95. The van der Waals surface area contributed by atoms with E-state index in [0.29, 0.717) is 21.5 Å². The van der Waals surface area contributed by atoms with Gasteiger partial charge in [0.25, 0.3) is 5.91 Å². The quantitative estimate of drug-likeness (QED) is 0.464. The standard InChI is InChI=1S/C16H11N7O3S/c1-7(24)20-12-3-9(2-10(14(12)25)15(18)26)21-22-16-11-6-19-5-8(4-17)13(11)23-27-16/h2-3,5-6,25H,1H3,(H2,18,26)(H,20,24). The summed E-state index contributed by atoms with van der Waals surface area (Å²) in [6.45, 7) is 1.25. The Hall–Kier alpha value is -3.91. The number of nitrogens with zero attached hydrogens (tertiary/aromatic N) is 5. The van der Waals surface area contributed by atoms with Crippen LogP contribution in [0.2, 0.25) is 0 Å². The van der Waals surface area contributed by atoms with E-state index >= 15 is 0 Å². The number of pyridine rings is 1. The van der Waals surface area contributed by atoms with Gasteiger partial charge in [-0.2, -0.15) is 9.64 Å². The van der Waals surface area contributed by atoms with Crippen molar-refractivity contribution in [1.29, 1.82) is 5.26 Å². The molecule has 1 aromatic carbocycles. The first-order valence-corrected chi connectivity index (χ1v) is 8.17. The molecule has 0 radical (unpaired) electrons. The summed E-state index contributed by atoms with van der Waals surface area (Å²) in [6.07, 6.45) is 2.92. The molecule has 11 heteroatoms. The van der Waals surface area contributed by atoms with Crippen LogP contribution in [0.1, 0.15) is 22.8 Å². The molecule has 0 atom stereocenters. The molecular formula is C16H11N7O3S. The van der Waals surface area contributed by atoms with Gasteiger partial charge in [0, 0.05) is 19.3 Å². The van der Waals surface area contributed by atoms with Crippen LogP contribution in [0.3, 0.4) is 0 Å². The predicted octanol–water partition coefficient (Wildman–Crippen LogP) is 2.74. The first kappa shape index (κ1) is 17.9. The lowest BCUT2D eigenvalue weighted by atomic mass is 10.1. The number of hydrogen-bond acceptors (Lipinski definition) is 9. The lowest BCUT2D eigenvalue weighted by molar-refractivity contribution is -0.114. The van der Waals surface area contributed by atoms with E-state index in [0.717, 1.165) is 11.5 Å². The van der Waals surface area contributed by atoms with Gasteiger partial charge in [-0.05, 0) is 23.7 Å². The van der Waals surface area contributed by atoms with Crippen molar-refractivity contribution in [2.75, 3.05) is 5.32 Å². The number of hydrogen-bond donors (Lipinski definition) is 3. The maximum atomic E-state index is 11.5. The van der Waals surface area contributed by atoms with Gasteiger partial charge < -0.3 is 16.2 Å². The Bertz CT molecular complexity index is 1150. The average Bonchev–Trinajstić information content (AvgIpc) is 3.04. The molecule has 0 saturated heterocycles. The highest BCUT2D eigenvalue weighted by molar-refractivity contribution is 7.11. The van der Waals surface area contributed by atoms with Crippen molar-refractivity contribution < 1.29 is 14.7 Å². The Morgan fingerprint density at radius 3 is 2.78 bits per heavy atom. The molecule has 0 spiro atoms. The van der Waals surface area contributed by atoms with Crippen LogP contribution in [0.15, 0.2) is 34.8 Å². The van der Waals surface area contributed by atoms with Gasteiger partial charge in [0.2, 0.25) is 5.91 Å². The summed E-state index contributed by atoms with van der Waals surface area (Å²) in [4.78, 5) is 26.8. The number of carbonyl (C=O) groups is 2. The Morgan fingerprint density at radius 1 is 1.33 bits per heavy atom. The fraction of sp³-hybridized carbons (Fsp3) is 0.0625. The number of aromatic hydroxyl groups is 1. The molecule has 0 fully saturated rings. The maximum Gasteiger partial charge on any atom is 0.252 e. The second kappa shape index (κ2) is 7.14. The highest BCUT2D eigenvalue weighted by atomic mass is 32.1. The van der Waals surface area contributed by atoms with E-state index in [1.807, 2.05) is 6.07 Å². The van der Waals surface area contributed by atoms with Crippen LogP contribution in [0, 0.1) is 11.3 Å². The minimum atomic E-state index is -0.887. The van der Waals surface area contributed by atoms with Gasteiger partial charge in [0.1, 0.15) is 11.6 Å². The van der Waals surface area contributed by atoms with Crippen LogP contribution < -0.4 is 11.1 Å². The normalized spacial score (nSPS) is 10.8.